The molecule has 0 spiro atoms. The van der Waals surface area contributed by atoms with Crippen LogP contribution in [0.25, 0.3) is 38.3 Å². The molecule has 1 aromatic heterocycles. The van der Waals surface area contributed by atoms with Gasteiger partial charge < -0.3 is 10.4 Å². The van der Waals surface area contributed by atoms with Crippen LogP contribution in [0.4, 0.5) is 28.4 Å². The van der Waals surface area contributed by atoms with Gasteiger partial charge >= 0.3 is 0 Å². The summed E-state index contributed by atoms with van der Waals surface area (Å²) in [6, 6.07) is 24.9. The van der Waals surface area contributed by atoms with E-state index in [1.165, 1.54) is 72.8 Å². The highest BCUT2D eigenvalue weighted by molar-refractivity contribution is 7.87. The first kappa shape index (κ1) is 45.1. The summed E-state index contributed by atoms with van der Waals surface area (Å²) in [6.07, 6.45) is 0. The predicted molar refractivity (Wildman–Crippen MR) is 235 cm³/mol. The minimum absolute atomic E-state index is 0.0458. The number of phenols is 1. The Labute approximate surface area is 372 Å². The Balaban J connectivity index is 1.04. The lowest BCUT2D eigenvalue weighted by molar-refractivity contribution is 0.102. The molecule has 1 heterocycles. The number of aromatic hydroxyl groups is 1. The number of carbonyl (C=O) groups excluding carboxylic acids is 1. The maximum absolute atomic E-state index is 12.7. The highest BCUT2D eigenvalue weighted by Crippen LogP contribution is 2.42. The van der Waals surface area contributed by atoms with Gasteiger partial charge in [-0.25, -0.2) is 0 Å². The number of nitrogens with one attached hydrogen (secondary N) is 1. The van der Waals surface area contributed by atoms with Gasteiger partial charge in [0.25, 0.3) is 46.4 Å². The number of aryl methyl sites for hydroxylation is 1. The SMILES string of the molecule is Cc1cc(N=Nc2c(S(=O)(=O)O)cc3cc(-n4nc5ccc6c(S(=O)(=O)O)cc(S(=O)(=O)O)cc6c5n4)ccc3c2O)ccc1N=Nc1ccc(C(=O)Nc2ccc(S(=O)(=O)O)cc2)cc1. The van der Waals surface area contributed by atoms with Gasteiger partial charge in [0.2, 0.25) is 0 Å². The fourth-order valence-corrected chi connectivity index (χ4v) is 9.09. The third-order valence-electron chi connectivity index (χ3n) is 9.80. The normalized spacial score (nSPS) is 12.8. The van der Waals surface area contributed by atoms with Gasteiger partial charge in [-0.3, -0.25) is 23.0 Å². The van der Waals surface area contributed by atoms with Crippen LogP contribution in [-0.4, -0.2) is 77.9 Å². The maximum Gasteiger partial charge on any atom is 0.296 e. The summed E-state index contributed by atoms with van der Waals surface area (Å²) < 4.78 is 135. The molecule has 8 rings (SSSR count). The molecule has 26 heteroatoms. The molecule has 0 saturated heterocycles. The molecular weight excluding hydrogens is 945 g/mol. The Morgan fingerprint density at radius 1 is 0.576 bits per heavy atom. The first-order valence-corrected chi connectivity index (χ1v) is 24.2. The second-order valence-electron chi connectivity index (χ2n) is 14.2. The topological polar surface area (TPSA) is 347 Å². The van der Waals surface area contributed by atoms with E-state index in [4.69, 9.17) is 4.55 Å². The lowest BCUT2D eigenvalue weighted by atomic mass is 10.1. The molecule has 66 heavy (non-hydrogen) atoms. The molecule has 0 radical (unpaired) electrons. The fraction of sp³-hybridized carbons (Fsp3) is 0.0250. The average molecular weight is 973 g/mol. The van der Waals surface area contributed by atoms with Crippen molar-refractivity contribution >= 4 is 107 Å². The van der Waals surface area contributed by atoms with Crippen molar-refractivity contribution in [3.8, 4) is 11.4 Å². The van der Waals surface area contributed by atoms with Gasteiger partial charge in [0.15, 0.2) is 5.75 Å². The van der Waals surface area contributed by atoms with Crippen molar-refractivity contribution in [1.29, 1.82) is 0 Å². The summed E-state index contributed by atoms with van der Waals surface area (Å²) in [5.41, 5.74) is 1.74. The number of phenolic OH excluding ortho intramolecular Hbond substituents is 1. The number of nitrogens with zero attached hydrogens (tertiary/aromatic N) is 7. The molecule has 0 unspecified atom stereocenters. The smallest absolute Gasteiger partial charge is 0.296 e. The zero-order chi connectivity index (χ0) is 47.5. The molecule has 0 saturated carbocycles. The zero-order valence-corrected chi connectivity index (χ0v) is 36.4. The molecule has 0 aliphatic rings. The van der Waals surface area contributed by atoms with Crippen LogP contribution in [0.1, 0.15) is 15.9 Å². The monoisotopic (exact) mass is 972 g/mol. The van der Waals surface area contributed by atoms with Gasteiger partial charge in [-0.15, -0.1) is 15.3 Å². The van der Waals surface area contributed by atoms with E-state index in [-0.39, 0.29) is 54.4 Å². The van der Waals surface area contributed by atoms with Gasteiger partial charge in [-0.1, -0.05) is 6.07 Å². The Morgan fingerprint density at radius 3 is 1.85 bits per heavy atom. The second-order valence-corrected chi connectivity index (χ2v) is 19.8. The van der Waals surface area contributed by atoms with Crippen LogP contribution in [0.5, 0.6) is 5.75 Å². The highest BCUT2D eigenvalue weighted by Gasteiger charge is 2.25. The lowest BCUT2D eigenvalue weighted by Gasteiger charge is -2.10. The van der Waals surface area contributed by atoms with Crippen LogP contribution in [0.2, 0.25) is 0 Å². The minimum Gasteiger partial charge on any atom is -0.505 e. The van der Waals surface area contributed by atoms with Crippen molar-refractivity contribution < 1.29 is 61.8 Å². The minimum atomic E-state index is -5.05. The molecule has 0 fully saturated rings. The van der Waals surface area contributed by atoms with Crippen LogP contribution in [0, 0.1) is 6.92 Å². The Morgan fingerprint density at radius 2 is 1.21 bits per heavy atom. The average Bonchev–Trinajstić information content (AvgIpc) is 3.69. The summed E-state index contributed by atoms with van der Waals surface area (Å²) >= 11 is 0. The third kappa shape index (κ3) is 9.23. The van der Waals surface area contributed by atoms with Crippen molar-refractivity contribution in [1.82, 2.24) is 15.0 Å². The van der Waals surface area contributed by atoms with E-state index >= 15 is 0 Å². The summed E-state index contributed by atoms with van der Waals surface area (Å²) in [6.45, 7) is 1.69. The molecule has 0 aliphatic heterocycles. The first-order chi connectivity index (χ1) is 30.9. The third-order valence-corrected chi connectivity index (χ3v) is 13.3. The first-order valence-electron chi connectivity index (χ1n) is 18.4. The molecule has 22 nitrogen and oxygen atoms in total. The number of fused-ring (bicyclic) bond motifs is 4. The zero-order valence-electron chi connectivity index (χ0n) is 33.1. The molecule has 336 valence electrons. The van der Waals surface area contributed by atoms with Crippen molar-refractivity contribution in [3.05, 3.63) is 126 Å². The number of hydrogen-bond donors (Lipinski definition) is 6. The van der Waals surface area contributed by atoms with Crippen LogP contribution >= 0.6 is 0 Å². The molecule has 0 aliphatic carbocycles. The summed E-state index contributed by atoms with van der Waals surface area (Å²) in [7, 11) is -19.4. The molecule has 8 aromatic rings. The molecule has 7 aromatic carbocycles. The number of azo groups is 2. The van der Waals surface area contributed by atoms with Crippen LogP contribution in [0.3, 0.4) is 0 Å². The molecule has 0 bridgehead atoms. The maximum atomic E-state index is 12.7. The van der Waals surface area contributed by atoms with Crippen LogP contribution in [-0.2, 0) is 40.5 Å². The van der Waals surface area contributed by atoms with Gasteiger partial charge in [0.05, 0.1) is 32.5 Å². The Hall–Kier alpha value is -7.43. The van der Waals surface area contributed by atoms with Crippen LogP contribution < -0.4 is 5.32 Å². The van der Waals surface area contributed by atoms with E-state index in [0.717, 1.165) is 29.1 Å². The van der Waals surface area contributed by atoms with Crippen molar-refractivity contribution in [2.45, 2.75) is 26.5 Å². The summed E-state index contributed by atoms with van der Waals surface area (Å²) in [5.74, 6) is -1.16. The van der Waals surface area contributed by atoms with Crippen LogP contribution in [0.15, 0.2) is 155 Å². The number of carbonyl (C=O) groups is 1. The van der Waals surface area contributed by atoms with E-state index < -0.39 is 72.5 Å². The Kier molecular flexibility index (Phi) is 11.3. The summed E-state index contributed by atoms with van der Waals surface area (Å²) in [4.78, 5) is 10.9. The lowest BCUT2D eigenvalue weighted by Crippen LogP contribution is -2.11. The standard InChI is InChI=1S/C40H28N8O14S4/c1-21-16-26(8-14-33(21)44-42-25-4-2-22(3-5-25)40(50)41-24-6-10-28(11-7-24)63(51,52)53)43-45-38-36(66(60,61)62)18-23-17-27(9-12-30(23)39(38)49)48-46-34-15-13-31-32(37(34)47-48)19-29(64(54,55)56)20-35(31)65(57,58)59/h2-20,49H,1H3,(H,41,50)(H,51,52,53)(H,54,55,56)(H,57,58,59)(H,60,61,62). The van der Waals surface area contributed by atoms with Gasteiger partial charge in [-0.2, -0.15) is 53.8 Å². The quantitative estimate of drug-likeness (QED) is 0.0531. The van der Waals surface area contributed by atoms with Crippen molar-refractivity contribution in [3.63, 3.8) is 0 Å². The highest BCUT2D eigenvalue weighted by atomic mass is 32.2. The van der Waals surface area contributed by atoms with Crippen molar-refractivity contribution in [2.75, 3.05) is 5.32 Å². The number of anilines is 1. The number of aromatic nitrogens is 3. The van der Waals surface area contributed by atoms with E-state index in [0.29, 0.717) is 28.7 Å². The summed E-state index contributed by atoms with van der Waals surface area (Å²) in [5, 5.41) is 38.9. The van der Waals surface area contributed by atoms with E-state index in [9.17, 15) is 57.2 Å². The molecule has 6 N–H and O–H groups in total. The number of hydrogen-bond acceptors (Lipinski definition) is 16. The second kappa shape index (κ2) is 16.5. The molecule has 0 atom stereocenters. The Bertz CT molecular complexity index is 3880. The predicted octanol–water partition coefficient (Wildman–Crippen LogP) is 7.81. The number of amides is 1. The van der Waals surface area contributed by atoms with E-state index in [2.05, 4.69) is 36.0 Å². The van der Waals surface area contributed by atoms with Gasteiger partial charge in [-0.05, 0) is 127 Å². The molecule has 1 amide bonds. The number of benzene rings is 7. The van der Waals surface area contributed by atoms with Gasteiger partial charge in [0, 0.05) is 27.4 Å². The number of rotatable bonds is 11. The van der Waals surface area contributed by atoms with E-state index in [1.807, 2.05) is 0 Å². The van der Waals surface area contributed by atoms with Gasteiger partial charge in [0.1, 0.15) is 26.5 Å². The van der Waals surface area contributed by atoms with Crippen molar-refractivity contribution in [2.24, 2.45) is 20.5 Å². The molecular formula is C40H28N8O14S4. The van der Waals surface area contributed by atoms with E-state index in [1.54, 1.807) is 19.1 Å². The fourth-order valence-electron chi connectivity index (χ4n) is 6.61. The largest absolute Gasteiger partial charge is 0.505 e.